The largest absolute Gasteiger partial charge is 0.263 e. The highest BCUT2D eigenvalue weighted by atomic mass is 32.2. The molecule has 0 aliphatic carbocycles. The molecule has 1 rings (SSSR count). The minimum absolute atomic E-state index is 0.0841. The number of pyridine rings is 1. The van der Waals surface area contributed by atoms with E-state index in [1.807, 2.05) is 6.07 Å². The van der Waals surface area contributed by atoms with E-state index in [9.17, 15) is 8.42 Å². The first-order chi connectivity index (χ1) is 7.32. The molecule has 5 nitrogen and oxygen atoms in total. The first kappa shape index (κ1) is 12.6. The fourth-order valence-corrected chi connectivity index (χ4v) is 2.43. The Bertz CT molecular complexity index is 503. The molecule has 0 saturated carbocycles. The highest BCUT2D eigenvalue weighted by Gasteiger charge is 2.34. The van der Waals surface area contributed by atoms with Crippen molar-refractivity contribution in [2.45, 2.75) is 24.3 Å². The van der Waals surface area contributed by atoms with Gasteiger partial charge in [-0.15, -0.1) is 0 Å². The van der Waals surface area contributed by atoms with Gasteiger partial charge in [0.1, 0.15) is 10.4 Å². The number of rotatable bonds is 3. The van der Waals surface area contributed by atoms with Crippen LogP contribution >= 0.6 is 0 Å². The second-order valence-electron chi connectivity index (χ2n) is 3.83. The molecule has 0 fully saturated rings. The van der Waals surface area contributed by atoms with Crippen molar-refractivity contribution in [1.82, 2.24) is 9.29 Å². The van der Waals surface area contributed by atoms with E-state index >= 15 is 0 Å². The van der Waals surface area contributed by atoms with E-state index in [4.69, 9.17) is 5.26 Å². The molecular formula is C10H13N3O2S. The highest BCUT2D eigenvalue weighted by molar-refractivity contribution is 7.89. The second-order valence-corrected chi connectivity index (χ2v) is 5.80. The van der Waals surface area contributed by atoms with Gasteiger partial charge in [0, 0.05) is 19.4 Å². The van der Waals surface area contributed by atoms with Crippen molar-refractivity contribution >= 4 is 10.0 Å². The summed E-state index contributed by atoms with van der Waals surface area (Å²) in [5, 5.41) is 8.90. The van der Waals surface area contributed by atoms with E-state index < -0.39 is 15.6 Å². The summed E-state index contributed by atoms with van der Waals surface area (Å²) in [6, 6.07) is 4.94. The molecule has 0 unspecified atom stereocenters. The Balaban J connectivity index is 3.21. The van der Waals surface area contributed by atoms with Gasteiger partial charge in [-0.1, -0.05) is 0 Å². The fourth-order valence-electron chi connectivity index (χ4n) is 1.03. The highest BCUT2D eigenvalue weighted by Crippen LogP contribution is 2.21. The zero-order valence-electron chi connectivity index (χ0n) is 9.38. The van der Waals surface area contributed by atoms with Crippen molar-refractivity contribution in [3.63, 3.8) is 0 Å². The lowest BCUT2D eigenvalue weighted by molar-refractivity contribution is 0.337. The Morgan fingerprint density at radius 1 is 1.50 bits per heavy atom. The summed E-state index contributed by atoms with van der Waals surface area (Å²) in [5.41, 5.74) is -1.09. The van der Waals surface area contributed by atoms with E-state index in [1.54, 1.807) is 19.9 Å². The van der Waals surface area contributed by atoms with Crippen molar-refractivity contribution in [2.75, 3.05) is 7.05 Å². The molecule has 16 heavy (non-hydrogen) atoms. The molecule has 0 aliphatic rings. The average molecular weight is 239 g/mol. The summed E-state index contributed by atoms with van der Waals surface area (Å²) >= 11 is 0. The van der Waals surface area contributed by atoms with Crippen LogP contribution < -0.4 is 0 Å². The lowest BCUT2D eigenvalue weighted by Crippen LogP contribution is -2.43. The predicted octanol–water partition coefficient (Wildman–Crippen LogP) is 1.00. The van der Waals surface area contributed by atoms with Crippen LogP contribution in [0.1, 0.15) is 13.8 Å². The molecule has 6 heteroatoms. The fraction of sp³-hybridized carbons (Fsp3) is 0.400. The minimum Gasteiger partial charge on any atom is -0.263 e. The second kappa shape index (κ2) is 4.20. The van der Waals surface area contributed by atoms with Gasteiger partial charge in [-0.2, -0.15) is 9.57 Å². The zero-order chi connectivity index (χ0) is 12.4. The van der Waals surface area contributed by atoms with Crippen molar-refractivity contribution in [2.24, 2.45) is 0 Å². The molecule has 1 aromatic heterocycles. The van der Waals surface area contributed by atoms with Gasteiger partial charge in [0.25, 0.3) is 0 Å². The number of sulfonamides is 1. The maximum atomic E-state index is 12.1. The number of nitrogens with zero attached hydrogens (tertiary/aromatic N) is 3. The third kappa shape index (κ3) is 2.21. The van der Waals surface area contributed by atoms with Crippen LogP contribution in [0.5, 0.6) is 0 Å². The third-order valence-corrected chi connectivity index (χ3v) is 4.37. The monoisotopic (exact) mass is 239 g/mol. The number of nitriles is 1. The van der Waals surface area contributed by atoms with Gasteiger partial charge in [-0.05, 0) is 26.0 Å². The Morgan fingerprint density at radius 3 is 2.56 bits per heavy atom. The molecule has 0 spiro atoms. The van der Waals surface area contributed by atoms with Gasteiger partial charge in [0.05, 0.1) is 6.07 Å². The SMILES string of the molecule is CN(C(C)(C)C#N)S(=O)(=O)c1cccnc1. The quantitative estimate of drug-likeness (QED) is 0.788. The molecule has 1 aromatic rings. The molecule has 0 aliphatic heterocycles. The number of aromatic nitrogens is 1. The topological polar surface area (TPSA) is 74.1 Å². The summed E-state index contributed by atoms with van der Waals surface area (Å²) in [6.07, 6.45) is 2.76. The van der Waals surface area contributed by atoms with Crippen molar-refractivity contribution in [3.05, 3.63) is 24.5 Å². The summed E-state index contributed by atoms with van der Waals surface area (Å²) < 4.78 is 25.2. The molecule has 0 bridgehead atoms. The van der Waals surface area contributed by atoms with Crippen LogP contribution in [0.4, 0.5) is 0 Å². The zero-order valence-corrected chi connectivity index (χ0v) is 10.2. The summed E-state index contributed by atoms with van der Waals surface area (Å²) in [5.74, 6) is 0. The minimum atomic E-state index is -3.66. The van der Waals surface area contributed by atoms with Gasteiger partial charge in [-0.25, -0.2) is 8.42 Å². The van der Waals surface area contributed by atoms with Crippen molar-refractivity contribution in [3.8, 4) is 6.07 Å². The van der Waals surface area contributed by atoms with Crippen molar-refractivity contribution in [1.29, 1.82) is 5.26 Å². The Morgan fingerprint density at radius 2 is 2.12 bits per heavy atom. The van der Waals surface area contributed by atoms with Gasteiger partial charge in [0.2, 0.25) is 10.0 Å². The normalized spacial score (nSPS) is 12.4. The standard InChI is InChI=1S/C10H13N3O2S/c1-10(2,8-11)13(3)16(14,15)9-5-4-6-12-7-9/h4-7H,1-3H3. The van der Waals surface area contributed by atoms with Crippen LogP contribution in [0.15, 0.2) is 29.4 Å². The maximum absolute atomic E-state index is 12.1. The van der Waals surface area contributed by atoms with Gasteiger partial charge in [0.15, 0.2) is 0 Å². The Labute approximate surface area is 95.4 Å². The number of hydrogen-bond acceptors (Lipinski definition) is 4. The molecule has 0 amide bonds. The van der Waals surface area contributed by atoms with E-state index in [2.05, 4.69) is 4.98 Å². The van der Waals surface area contributed by atoms with Crippen LogP contribution in [-0.2, 0) is 10.0 Å². The lowest BCUT2D eigenvalue weighted by atomic mass is 10.1. The molecule has 0 N–H and O–H groups in total. The van der Waals surface area contributed by atoms with Crippen LogP contribution in [-0.4, -0.2) is 30.3 Å². The lowest BCUT2D eigenvalue weighted by Gasteiger charge is -2.27. The van der Waals surface area contributed by atoms with Crippen molar-refractivity contribution < 1.29 is 8.42 Å². The summed E-state index contributed by atoms with van der Waals surface area (Å²) in [7, 11) is -2.28. The Kier molecular flexibility index (Phi) is 3.31. The van der Waals surface area contributed by atoms with E-state index in [1.165, 1.54) is 25.5 Å². The van der Waals surface area contributed by atoms with E-state index in [0.29, 0.717) is 0 Å². The predicted molar refractivity (Wildman–Crippen MR) is 58.9 cm³/mol. The first-order valence-corrected chi connectivity index (χ1v) is 6.06. The molecule has 1 heterocycles. The number of hydrogen-bond donors (Lipinski definition) is 0. The smallest absolute Gasteiger partial charge is 0.245 e. The summed E-state index contributed by atoms with van der Waals surface area (Å²) in [4.78, 5) is 3.84. The molecule has 0 atom stereocenters. The van der Waals surface area contributed by atoms with Gasteiger partial charge >= 0.3 is 0 Å². The van der Waals surface area contributed by atoms with E-state index in [-0.39, 0.29) is 4.90 Å². The molecule has 0 radical (unpaired) electrons. The van der Waals surface area contributed by atoms with Crippen LogP contribution in [0.25, 0.3) is 0 Å². The van der Waals surface area contributed by atoms with Crippen LogP contribution in [0.2, 0.25) is 0 Å². The molecular weight excluding hydrogens is 226 g/mol. The molecule has 86 valence electrons. The van der Waals surface area contributed by atoms with Crippen LogP contribution in [0.3, 0.4) is 0 Å². The van der Waals surface area contributed by atoms with E-state index in [0.717, 1.165) is 4.31 Å². The van der Waals surface area contributed by atoms with Gasteiger partial charge < -0.3 is 0 Å². The first-order valence-electron chi connectivity index (χ1n) is 4.62. The maximum Gasteiger partial charge on any atom is 0.245 e. The third-order valence-electron chi connectivity index (χ3n) is 2.35. The van der Waals surface area contributed by atoms with Gasteiger partial charge in [-0.3, -0.25) is 4.98 Å². The Hall–Kier alpha value is -1.45. The van der Waals surface area contributed by atoms with Crippen LogP contribution in [0, 0.1) is 11.3 Å². The summed E-state index contributed by atoms with van der Waals surface area (Å²) in [6.45, 7) is 3.09. The average Bonchev–Trinajstić information content (AvgIpc) is 2.29. The molecule has 0 saturated heterocycles. The molecule has 0 aromatic carbocycles.